The van der Waals surface area contributed by atoms with Crippen molar-refractivity contribution in [1.29, 1.82) is 0 Å². The predicted molar refractivity (Wildman–Crippen MR) is 31.1 cm³/mol. The van der Waals surface area contributed by atoms with Crippen molar-refractivity contribution >= 4 is 24.6 Å². The summed E-state index contributed by atoms with van der Waals surface area (Å²) < 4.78 is 46.4. The van der Waals surface area contributed by atoms with E-state index in [1.807, 2.05) is 0 Å². The van der Waals surface area contributed by atoms with E-state index in [0.29, 0.717) is 0 Å². The van der Waals surface area contributed by atoms with E-state index < -0.39 is 24.6 Å². The smallest absolute Gasteiger partial charge is 0.281 e. The molecule has 5 nitrogen and oxygen atoms in total. The zero-order valence-corrected chi connectivity index (χ0v) is 6.03. The van der Waals surface area contributed by atoms with Crippen LogP contribution >= 0.6 is 0 Å². The van der Waals surface area contributed by atoms with Crippen LogP contribution in [0, 0.1) is 0 Å². The molecule has 0 atom stereocenters. The van der Waals surface area contributed by atoms with Crippen molar-refractivity contribution in [3.05, 3.63) is 0 Å². The zero-order valence-electron chi connectivity index (χ0n) is 4.40. The molecule has 0 unspecified atom stereocenters. The maximum absolute atomic E-state index is 9.90. The first kappa shape index (κ1) is 8.60. The van der Waals surface area contributed by atoms with Gasteiger partial charge in [-0.05, 0) is 6.92 Å². The van der Waals surface area contributed by atoms with Gasteiger partial charge in [0.25, 0.3) is 0 Å². The van der Waals surface area contributed by atoms with Crippen molar-refractivity contribution in [2.45, 2.75) is 6.92 Å². The Morgan fingerprint density at radius 3 is 1.78 bits per heavy atom. The molecule has 9 heavy (non-hydrogen) atoms. The Morgan fingerprint density at radius 1 is 1.44 bits per heavy atom. The van der Waals surface area contributed by atoms with Crippen molar-refractivity contribution < 1.29 is 21.4 Å². The highest BCUT2D eigenvalue weighted by Gasteiger charge is 2.10. The van der Waals surface area contributed by atoms with E-state index in [4.69, 9.17) is 4.55 Å². The van der Waals surface area contributed by atoms with E-state index in [1.54, 1.807) is 0 Å². The van der Waals surface area contributed by atoms with E-state index in [2.05, 4.69) is 0 Å². The lowest BCUT2D eigenvalue weighted by Gasteiger charge is -1.83. The maximum Gasteiger partial charge on any atom is 0.305 e. The Bertz CT molecular complexity index is 308. The fraction of sp³-hybridized carbons (Fsp3) is 0.500. The highest BCUT2D eigenvalue weighted by molar-refractivity contribution is 8.11. The highest BCUT2D eigenvalue weighted by Crippen LogP contribution is 1.82. The molecule has 0 bridgehead atoms. The maximum atomic E-state index is 9.90. The number of rotatable bonds is 0. The molecule has 0 fully saturated rings. The molecule has 0 saturated heterocycles. The molecule has 0 aromatic carbocycles. The zero-order chi connectivity index (χ0) is 7.65. The van der Waals surface area contributed by atoms with E-state index >= 15 is 0 Å². The summed E-state index contributed by atoms with van der Waals surface area (Å²) in [5.41, 5.74) is 0. The van der Waals surface area contributed by atoms with Gasteiger partial charge in [0.1, 0.15) is 0 Å². The fourth-order valence-electron chi connectivity index (χ4n) is 0.0860. The molecule has 0 aliphatic heterocycles. The van der Waals surface area contributed by atoms with Gasteiger partial charge in [0.15, 0.2) is 4.20 Å². The summed E-state index contributed by atoms with van der Waals surface area (Å²) in [6.45, 7) is 0.790. The van der Waals surface area contributed by atoms with Crippen LogP contribution in [0.4, 0.5) is 0 Å². The first-order chi connectivity index (χ1) is 3.85. The van der Waals surface area contributed by atoms with Crippen molar-refractivity contribution in [2.75, 3.05) is 0 Å². The quantitative estimate of drug-likeness (QED) is 0.370. The van der Waals surface area contributed by atoms with Gasteiger partial charge in [-0.25, -0.2) is 0 Å². The second-order valence-corrected chi connectivity index (χ2v) is 4.10. The minimum Gasteiger partial charge on any atom is -0.281 e. The lowest BCUT2D eigenvalue weighted by atomic mass is 11.0. The van der Waals surface area contributed by atoms with Crippen LogP contribution in [-0.2, 0) is 20.4 Å². The van der Waals surface area contributed by atoms with Crippen LogP contribution in [0.1, 0.15) is 6.92 Å². The first-order valence-corrected chi connectivity index (χ1v) is 4.27. The molecule has 0 rings (SSSR count). The Morgan fingerprint density at radius 2 is 1.78 bits per heavy atom. The molecule has 0 radical (unpaired) electrons. The van der Waals surface area contributed by atoms with Crippen molar-refractivity contribution in [3.63, 3.8) is 0 Å². The van der Waals surface area contributed by atoms with E-state index in [-0.39, 0.29) is 0 Å². The average Bonchev–Trinajstić information content (AvgIpc) is 1.62. The van der Waals surface area contributed by atoms with Crippen molar-refractivity contribution in [3.8, 4) is 0 Å². The van der Waals surface area contributed by atoms with E-state index in [0.717, 1.165) is 6.92 Å². The molecule has 0 saturated carbocycles. The number of hydrogen-bond acceptors (Lipinski definition) is 4. The fourth-order valence-corrected chi connectivity index (χ4v) is 0.774. The average molecular weight is 172 g/mol. The lowest BCUT2D eigenvalue weighted by Crippen LogP contribution is -2.09. The van der Waals surface area contributed by atoms with E-state index in [1.165, 1.54) is 0 Å². The minimum atomic E-state index is -4.50. The van der Waals surface area contributed by atoms with E-state index in [9.17, 15) is 16.8 Å². The molecule has 0 heterocycles. The van der Waals surface area contributed by atoms with Crippen LogP contribution in [0.15, 0.2) is 0 Å². The molecular formula is C2H4O5S2. The summed E-state index contributed by atoms with van der Waals surface area (Å²) in [7, 11) is -7.35. The summed E-state index contributed by atoms with van der Waals surface area (Å²) in [6, 6.07) is 0. The molecule has 0 amide bonds. The second kappa shape index (κ2) is 2.46. The van der Waals surface area contributed by atoms with Crippen LogP contribution in [0.5, 0.6) is 0 Å². The largest absolute Gasteiger partial charge is 0.305 e. The normalized spacial score (nSPS) is 10.9. The van der Waals surface area contributed by atoms with Crippen LogP contribution in [0.25, 0.3) is 0 Å². The predicted octanol–water partition coefficient (Wildman–Crippen LogP) is -1.10. The van der Waals surface area contributed by atoms with Gasteiger partial charge in [-0.3, -0.25) is 4.55 Å². The van der Waals surface area contributed by atoms with Crippen LogP contribution in [0.2, 0.25) is 0 Å². The third-order valence-corrected chi connectivity index (χ3v) is 2.83. The standard InChI is InChI=1S/C2H4O5S2/c1-2(8(3)4)9(5,6)7/h1H3,(H,5,6,7). The molecule has 0 aromatic heterocycles. The Kier molecular flexibility index (Phi) is 2.35. The Hall–Kier alpha value is -0.400. The van der Waals surface area contributed by atoms with Gasteiger partial charge in [0.2, 0.25) is 10.3 Å². The van der Waals surface area contributed by atoms with Crippen molar-refractivity contribution in [2.24, 2.45) is 0 Å². The van der Waals surface area contributed by atoms with Crippen LogP contribution < -0.4 is 0 Å². The molecule has 54 valence electrons. The van der Waals surface area contributed by atoms with Gasteiger partial charge in [-0.1, -0.05) is 0 Å². The summed E-state index contributed by atoms with van der Waals surface area (Å²) in [5.74, 6) is 0. The molecule has 0 aliphatic rings. The first-order valence-electron chi connectivity index (χ1n) is 1.76. The topological polar surface area (TPSA) is 88.5 Å². The molecule has 0 aliphatic carbocycles. The van der Waals surface area contributed by atoms with Gasteiger partial charge in [0, 0.05) is 0 Å². The monoisotopic (exact) mass is 172 g/mol. The molecular weight excluding hydrogens is 168 g/mol. The summed E-state index contributed by atoms with van der Waals surface area (Å²) >= 11 is 0. The summed E-state index contributed by atoms with van der Waals surface area (Å²) in [4.78, 5) is 0. The molecule has 7 heteroatoms. The Labute approximate surface area is 53.6 Å². The van der Waals surface area contributed by atoms with Crippen LogP contribution in [0.3, 0.4) is 0 Å². The van der Waals surface area contributed by atoms with Crippen LogP contribution in [-0.4, -0.2) is 25.6 Å². The lowest BCUT2D eigenvalue weighted by molar-refractivity contribution is 0.498. The second-order valence-electron chi connectivity index (χ2n) is 1.20. The summed E-state index contributed by atoms with van der Waals surface area (Å²) in [5, 5.41) is 0. The van der Waals surface area contributed by atoms with Gasteiger partial charge in [-0.15, -0.1) is 0 Å². The molecule has 0 spiro atoms. The van der Waals surface area contributed by atoms with Gasteiger partial charge < -0.3 is 0 Å². The molecule has 1 N–H and O–H groups in total. The third kappa shape index (κ3) is 2.59. The highest BCUT2D eigenvalue weighted by atomic mass is 32.3. The number of hydrogen-bond donors (Lipinski definition) is 1. The third-order valence-electron chi connectivity index (χ3n) is 0.598. The van der Waals surface area contributed by atoms with Crippen molar-refractivity contribution in [1.82, 2.24) is 0 Å². The minimum absolute atomic E-state index is 0.790. The van der Waals surface area contributed by atoms with Gasteiger partial charge >= 0.3 is 10.1 Å². The SMILES string of the molecule is CC(=S(=O)=O)S(=O)(=O)O. The molecule has 0 aromatic rings. The van der Waals surface area contributed by atoms with Gasteiger partial charge in [0.05, 0.1) is 0 Å². The van der Waals surface area contributed by atoms with Gasteiger partial charge in [-0.2, -0.15) is 16.8 Å². The summed E-state index contributed by atoms with van der Waals surface area (Å²) in [6.07, 6.45) is 0. The Balaban J connectivity index is 5.40.